The molecule has 0 spiro atoms. The van der Waals surface area contributed by atoms with Crippen LogP contribution in [0.5, 0.6) is 0 Å². The van der Waals surface area contributed by atoms with Crippen molar-refractivity contribution in [2.45, 2.75) is 13.8 Å². The first-order valence-corrected chi connectivity index (χ1v) is 6.25. The summed E-state index contributed by atoms with van der Waals surface area (Å²) < 4.78 is 5.49. The van der Waals surface area contributed by atoms with Crippen LogP contribution in [-0.2, 0) is 0 Å². The third kappa shape index (κ3) is 2.17. The largest absolute Gasteiger partial charge is 0.453 e. The van der Waals surface area contributed by atoms with Crippen molar-refractivity contribution in [2.24, 2.45) is 0 Å². The Bertz CT molecular complexity index is 766. The minimum absolute atomic E-state index is 0.0479. The van der Waals surface area contributed by atoms with Gasteiger partial charge in [0.25, 0.3) is 0 Å². The number of aryl methyl sites for hydroxylation is 1. The van der Waals surface area contributed by atoms with Gasteiger partial charge in [-0.05, 0) is 36.2 Å². The van der Waals surface area contributed by atoms with E-state index in [1.54, 1.807) is 6.07 Å². The van der Waals surface area contributed by atoms with Crippen molar-refractivity contribution in [3.8, 4) is 11.1 Å². The summed E-state index contributed by atoms with van der Waals surface area (Å²) in [4.78, 5) is 11.3. The molecular weight excluding hydrogens is 236 g/mol. The van der Waals surface area contributed by atoms with Gasteiger partial charge in [0.2, 0.25) is 0 Å². The number of Topliss-reactive ketones (excluding diaryl/α,β-unsaturated/α-hetero) is 1. The molecule has 0 bridgehead atoms. The molecule has 0 fully saturated rings. The number of furan rings is 1. The van der Waals surface area contributed by atoms with Crippen molar-refractivity contribution in [1.29, 1.82) is 0 Å². The number of benzene rings is 2. The number of rotatable bonds is 2. The van der Waals surface area contributed by atoms with Crippen molar-refractivity contribution in [1.82, 2.24) is 0 Å². The first kappa shape index (κ1) is 11.7. The maximum atomic E-state index is 11.3. The van der Waals surface area contributed by atoms with Crippen molar-refractivity contribution in [2.75, 3.05) is 0 Å². The van der Waals surface area contributed by atoms with E-state index in [0.29, 0.717) is 5.76 Å². The van der Waals surface area contributed by atoms with Gasteiger partial charge in [0.05, 0.1) is 0 Å². The van der Waals surface area contributed by atoms with E-state index in [0.717, 1.165) is 16.5 Å². The van der Waals surface area contributed by atoms with Crippen molar-refractivity contribution in [3.63, 3.8) is 0 Å². The van der Waals surface area contributed by atoms with Crippen LogP contribution in [0.25, 0.3) is 22.1 Å². The Kier molecular flexibility index (Phi) is 2.71. The highest BCUT2D eigenvalue weighted by molar-refractivity contribution is 5.96. The summed E-state index contributed by atoms with van der Waals surface area (Å²) in [6.07, 6.45) is 0. The van der Waals surface area contributed by atoms with E-state index in [1.165, 1.54) is 18.1 Å². The molecule has 0 unspecified atom stereocenters. The van der Waals surface area contributed by atoms with Crippen LogP contribution in [0.3, 0.4) is 0 Å². The highest BCUT2D eigenvalue weighted by Crippen LogP contribution is 2.27. The monoisotopic (exact) mass is 250 g/mol. The summed E-state index contributed by atoms with van der Waals surface area (Å²) >= 11 is 0. The van der Waals surface area contributed by atoms with Crippen LogP contribution in [-0.4, -0.2) is 5.78 Å². The van der Waals surface area contributed by atoms with Crippen molar-refractivity contribution >= 4 is 16.8 Å². The molecule has 2 aromatic carbocycles. The second-order valence-corrected chi connectivity index (χ2v) is 4.79. The van der Waals surface area contributed by atoms with Gasteiger partial charge in [-0.3, -0.25) is 4.79 Å². The maximum Gasteiger partial charge on any atom is 0.194 e. The van der Waals surface area contributed by atoms with E-state index in [1.807, 2.05) is 18.2 Å². The number of carbonyl (C=O) groups excluding carboxylic acids is 1. The molecule has 0 saturated heterocycles. The molecule has 0 aliphatic heterocycles. The third-order valence-electron chi connectivity index (χ3n) is 3.21. The predicted molar refractivity (Wildman–Crippen MR) is 76.4 cm³/mol. The Balaban J connectivity index is 2.13. The fourth-order valence-corrected chi connectivity index (χ4v) is 2.22. The number of ketones is 1. The van der Waals surface area contributed by atoms with E-state index in [4.69, 9.17) is 4.42 Å². The molecule has 0 atom stereocenters. The normalized spacial score (nSPS) is 10.8. The summed E-state index contributed by atoms with van der Waals surface area (Å²) in [5, 5.41) is 0.962. The van der Waals surface area contributed by atoms with Gasteiger partial charge in [0.15, 0.2) is 11.5 Å². The van der Waals surface area contributed by atoms with Crippen molar-refractivity contribution in [3.05, 3.63) is 59.9 Å². The van der Waals surface area contributed by atoms with E-state index in [2.05, 4.69) is 31.2 Å². The van der Waals surface area contributed by atoms with Crippen LogP contribution >= 0.6 is 0 Å². The lowest BCUT2D eigenvalue weighted by atomic mass is 10.0. The lowest BCUT2D eigenvalue weighted by Crippen LogP contribution is -1.85. The molecule has 0 amide bonds. The molecule has 0 radical (unpaired) electrons. The summed E-state index contributed by atoms with van der Waals surface area (Å²) in [5.41, 5.74) is 4.29. The van der Waals surface area contributed by atoms with E-state index in [-0.39, 0.29) is 5.78 Å². The van der Waals surface area contributed by atoms with Crippen LogP contribution in [0.2, 0.25) is 0 Å². The first-order valence-electron chi connectivity index (χ1n) is 6.25. The van der Waals surface area contributed by atoms with Gasteiger partial charge >= 0.3 is 0 Å². The fraction of sp³-hybridized carbons (Fsp3) is 0.118. The summed E-state index contributed by atoms with van der Waals surface area (Å²) in [7, 11) is 0. The van der Waals surface area contributed by atoms with Gasteiger partial charge in [-0.2, -0.15) is 0 Å². The minimum atomic E-state index is -0.0479. The Morgan fingerprint density at radius 2 is 1.79 bits per heavy atom. The molecular formula is C17H14O2. The summed E-state index contributed by atoms with van der Waals surface area (Å²) in [6.45, 7) is 3.59. The third-order valence-corrected chi connectivity index (χ3v) is 3.21. The van der Waals surface area contributed by atoms with E-state index >= 15 is 0 Å². The predicted octanol–water partition coefficient (Wildman–Crippen LogP) is 4.61. The van der Waals surface area contributed by atoms with Gasteiger partial charge in [0.1, 0.15) is 5.58 Å². The highest BCUT2D eigenvalue weighted by atomic mass is 16.3. The Morgan fingerprint density at radius 3 is 2.53 bits per heavy atom. The number of hydrogen-bond acceptors (Lipinski definition) is 2. The average Bonchev–Trinajstić information content (AvgIpc) is 2.81. The number of fused-ring (bicyclic) bond motifs is 1. The fourth-order valence-electron chi connectivity index (χ4n) is 2.22. The molecule has 94 valence electrons. The highest BCUT2D eigenvalue weighted by Gasteiger charge is 2.08. The summed E-state index contributed by atoms with van der Waals surface area (Å²) in [6, 6.07) is 16.1. The quantitative estimate of drug-likeness (QED) is 0.622. The number of hydrogen-bond donors (Lipinski definition) is 0. The lowest BCUT2D eigenvalue weighted by molar-refractivity contribution is 0.0989. The molecule has 0 aliphatic rings. The Morgan fingerprint density at radius 1 is 1.00 bits per heavy atom. The average molecular weight is 250 g/mol. The smallest absolute Gasteiger partial charge is 0.194 e. The molecule has 0 saturated carbocycles. The summed E-state index contributed by atoms with van der Waals surface area (Å²) in [5.74, 6) is 0.365. The topological polar surface area (TPSA) is 30.2 Å². The van der Waals surface area contributed by atoms with Gasteiger partial charge in [-0.1, -0.05) is 35.9 Å². The zero-order valence-corrected chi connectivity index (χ0v) is 10.9. The van der Waals surface area contributed by atoms with Gasteiger partial charge in [-0.15, -0.1) is 0 Å². The molecule has 19 heavy (non-hydrogen) atoms. The van der Waals surface area contributed by atoms with Crippen LogP contribution in [0.1, 0.15) is 23.0 Å². The van der Waals surface area contributed by atoms with Gasteiger partial charge in [0, 0.05) is 12.3 Å². The molecule has 0 N–H and O–H groups in total. The maximum absolute atomic E-state index is 11.3. The molecule has 0 aliphatic carbocycles. The number of carbonyl (C=O) groups is 1. The van der Waals surface area contributed by atoms with E-state index in [9.17, 15) is 4.79 Å². The standard InChI is InChI=1S/C17H14O2/c1-11-4-3-5-13(8-11)14-6-7-16-15(9-14)10-17(19-16)12(2)18/h3-10H,1-2H3. The van der Waals surface area contributed by atoms with Crippen LogP contribution in [0.15, 0.2) is 52.9 Å². The lowest BCUT2D eigenvalue weighted by Gasteiger charge is -2.02. The second-order valence-electron chi connectivity index (χ2n) is 4.79. The SMILES string of the molecule is CC(=O)c1cc2cc(-c3cccc(C)c3)ccc2o1. The van der Waals surface area contributed by atoms with Crippen molar-refractivity contribution < 1.29 is 9.21 Å². The van der Waals surface area contributed by atoms with Crippen LogP contribution in [0.4, 0.5) is 0 Å². The molecule has 2 heteroatoms. The zero-order chi connectivity index (χ0) is 13.4. The van der Waals surface area contributed by atoms with Crippen LogP contribution < -0.4 is 0 Å². The minimum Gasteiger partial charge on any atom is -0.453 e. The Labute approximate surface area is 111 Å². The van der Waals surface area contributed by atoms with Crippen LogP contribution in [0, 0.1) is 6.92 Å². The molecule has 1 aromatic heterocycles. The van der Waals surface area contributed by atoms with E-state index < -0.39 is 0 Å². The van der Waals surface area contributed by atoms with Gasteiger partial charge in [-0.25, -0.2) is 0 Å². The Hall–Kier alpha value is -2.35. The molecule has 3 rings (SSSR count). The zero-order valence-electron chi connectivity index (χ0n) is 10.9. The molecule has 1 heterocycles. The molecule has 3 aromatic rings. The first-order chi connectivity index (χ1) is 9.13. The molecule has 2 nitrogen and oxygen atoms in total. The van der Waals surface area contributed by atoms with Gasteiger partial charge < -0.3 is 4.42 Å². The second kappa shape index (κ2) is 4.39.